The minimum absolute atomic E-state index is 0.0162. The molecule has 1 unspecified atom stereocenters. The maximum Gasteiger partial charge on any atom is 0.412 e. The van der Waals surface area contributed by atoms with E-state index < -0.39 is 28.9 Å². The van der Waals surface area contributed by atoms with Gasteiger partial charge in [0, 0.05) is 23.6 Å². The van der Waals surface area contributed by atoms with E-state index in [0.717, 1.165) is 17.8 Å². The molecule has 0 fully saturated rings. The van der Waals surface area contributed by atoms with Crippen molar-refractivity contribution in [3.63, 3.8) is 0 Å². The number of alkyl halides is 3. The van der Waals surface area contributed by atoms with Gasteiger partial charge in [0.2, 0.25) is 0 Å². The molecular formula is C16H16F3NO3S. The Morgan fingerprint density at radius 3 is 2.50 bits per heavy atom. The molecule has 0 saturated heterocycles. The molecule has 2 rings (SSSR count). The van der Waals surface area contributed by atoms with Crippen LogP contribution >= 0.6 is 11.8 Å². The normalized spacial score (nSPS) is 16.5. The lowest BCUT2D eigenvalue weighted by atomic mass is 10.1. The molecule has 1 amide bonds. The van der Waals surface area contributed by atoms with Crippen molar-refractivity contribution in [1.82, 2.24) is 4.90 Å². The molecule has 0 saturated carbocycles. The number of halogens is 3. The van der Waals surface area contributed by atoms with Crippen LogP contribution in [0, 0.1) is 0 Å². The van der Waals surface area contributed by atoms with Crippen molar-refractivity contribution in [2.75, 3.05) is 13.1 Å². The van der Waals surface area contributed by atoms with E-state index in [1.807, 2.05) is 0 Å². The summed E-state index contributed by atoms with van der Waals surface area (Å²) in [5, 5.41) is 8.26. The third-order valence-corrected chi connectivity index (χ3v) is 4.79. The topological polar surface area (TPSA) is 57.6 Å². The second-order valence-electron chi connectivity index (χ2n) is 5.32. The van der Waals surface area contributed by atoms with Crippen molar-refractivity contribution in [1.29, 1.82) is 0 Å². The van der Waals surface area contributed by atoms with Gasteiger partial charge < -0.3 is 10.0 Å². The first-order valence-electron chi connectivity index (χ1n) is 7.24. The molecule has 24 heavy (non-hydrogen) atoms. The molecule has 0 spiro atoms. The standard InChI is InChI=1S/C16H16F3NO3S/c1-10(15(22)23)24-13-5-3-2-4-12(13)14(21)20-8-6-11(7-9-20)16(17,18)19/h2-6,10H,7-9H2,1H3,(H,22,23). The van der Waals surface area contributed by atoms with Gasteiger partial charge in [-0.25, -0.2) is 0 Å². The Hall–Kier alpha value is -1.96. The number of carboxylic acids is 1. The summed E-state index contributed by atoms with van der Waals surface area (Å²) in [6, 6.07) is 6.52. The van der Waals surface area contributed by atoms with Gasteiger partial charge in [-0.2, -0.15) is 13.2 Å². The van der Waals surface area contributed by atoms with Gasteiger partial charge in [0.25, 0.3) is 5.91 Å². The van der Waals surface area contributed by atoms with Gasteiger partial charge in [-0.15, -0.1) is 11.8 Å². The SMILES string of the molecule is CC(Sc1ccccc1C(=O)N1CC=C(C(F)(F)F)CC1)C(=O)O. The highest BCUT2D eigenvalue weighted by molar-refractivity contribution is 8.00. The van der Waals surface area contributed by atoms with E-state index >= 15 is 0 Å². The first-order valence-corrected chi connectivity index (χ1v) is 8.12. The summed E-state index contributed by atoms with van der Waals surface area (Å²) < 4.78 is 37.9. The van der Waals surface area contributed by atoms with Crippen LogP contribution in [0.3, 0.4) is 0 Å². The van der Waals surface area contributed by atoms with Gasteiger partial charge in [0.05, 0.1) is 5.56 Å². The Balaban J connectivity index is 2.17. The molecule has 4 nitrogen and oxygen atoms in total. The molecule has 1 aliphatic rings. The zero-order valence-corrected chi connectivity index (χ0v) is 13.7. The fourth-order valence-electron chi connectivity index (χ4n) is 2.27. The third-order valence-electron chi connectivity index (χ3n) is 3.63. The van der Waals surface area contributed by atoms with Crippen LogP contribution in [0.2, 0.25) is 0 Å². The lowest BCUT2D eigenvalue weighted by Gasteiger charge is -2.28. The largest absolute Gasteiger partial charge is 0.480 e. The van der Waals surface area contributed by atoms with Crippen LogP contribution in [0.4, 0.5) is 13.2 Å². The van der Waals surface area contributed by atoms with E-state index in [1.165, 1.54) is 11.8 Å². The molecule has 0 aromatic heterocycles. The number of carbonyl (C=O) groups is 2. The molecule has 1 aromatic rings. The highest BCUT2D eigenvalue weighted by Crippen LogP contribution is 2.32. The van der Waals surface area contributed by atoms with Crippen LogP contribution in [-0.4, -0.2) is 46.4 Å². The molecule has 1 N–H and O–H groups in total. The van der Waals surface area contributed by atoms with E-state index in [0.29, 0.717) is 10.5 Å². The number of carboxylic acid groups (broad SMARTS) is 1. The van der Waals surface area contributed by atoms with Gasteiger partial charge >= 0.3 is 12.1 Å². The predicted molar refractivity (Wildman–Crippen MR) is 84.1 cm³/mol. The molecular weight excluding hydrogens is 343 g/mol. The lowest BCUT2D eigenvalue weighted by Crippen LogP contribution is -2.37. The van der Waals surface area contributed by atoms with Gasteiger partial charge in [0.15, 0.2) is 0 Å². The van der Waals surface area contributed by atoms with Crippen molar-refractivity contribution in [2.45, 2.75) is 29.7 Å². The number of amides is 1. The Kier molecular flexibility index (Phi) is 5.58. The molecule has 130 valence electrons. The number of carbonyl (C=O) groups excluding carboxylic acids is 1. The van der Waals surface area contributed by atoms with E-state index in [2.05, 4.69) is 0 Å². The van der Waals surface area contributed by atoms with E-state index in [1.54, 1.807) is 24.3 Å². The number of aliphatic carboxylic acids is 1. The quantitative estimate of drug-likeness (QED) is 0.659. The molecule has 1 aromatic carbocycles. The Morgan fingerprint density at radius 1 is 1.29 bits per heavy atom. The Labute approximate surface area is 141 Å². The van der Waals surface area contributed by atoms with Crippen molar-refractivity contribution >= 4 is 23.6 Å². The lowest BCUT2D eigenvalue weighted by molar-refractivity contribution is -0.136. The monoisotopic (exact) mass is 359 g/mol. The highest BCUT2D eigenvalue weighted by Gasteiger charge is 2.35. The number of nitrogens with zero attached hydrogens (tertiary/aromatic N) is 1. The first kappa shape index (κ1) is 18.4. The molecule has 8 heteroatoms. The van der Waals surface area contributed by atoms with Crippen LogP contribution in [0.25, 0.3) is 0 Å². The fraction of sp³-hybridized carbons (Fsp3) is 0.375. The van der Waals surface area contributed by atoms with Gasteiger partial charge in [0.1, 0.15) is 5.25 Å². The second kappa shape index (κ2) is 7.29. The van der Waals surface area contributed by atoms with Gasteiger partial charge in [-0.1, -0.05) is 18.2 Å². The summed E-state index contributed by atoms with van der Waals surface area (Å²) in [7, 11) is 0. The predicted octanol–water partition coefficient (Wildman–Crippen LogP) is 3.59. The number of hydrogen-bond acceptors (Lipinski definition) is 3. The Morgan fingerprint density at radius 2 is 1.96 bits per heavy atom. The van der Waals surface area contributed by atoms with Crippen LogP contribution in [0.1, 0.15) is 23.7 Å². The molecule has 0 aliphatic carbocycles. The average Bonchev–Trinajstić information content (AvgIpc) is 2.54. The van der Waals surface area contributed by atoms with Crippen molar-refractivity contribution in [3.05, 3.63) is 41.5 Å². The molecule has 1 aliphatic heterocycles. The highest BCUT2D eigenvalue weighted by atomic mass is 32.2. The summed E-state index contributed by atoms with van der Waals surface area (Å²) in [5.74, 6) is -1.40. The van der Waals surface area contributed by atoms with Crippen LogP contribution in [0.15, 0.2) is 40.8 Å². The molecule has 0 bridgehead atoms. The number of thioether (sulfide) groups is 1. The van der Waals surface area contributed by atoms with E-state index in [4.69, 9.17) is 5.11 Å². The second-order valence-corrected chi connectivity index (χ2v) is 6.71. The summed E-state index contributed by atoms with van der Waals surface area (Å²) >= 11 is 1.03. The Bertz CT molecular complexity index is 673. The van der Waals surface area contributed by atoms with Crippen molar-refractivity contribution in [2.24, 2.45) is 0 Å². The molecule has 1 atom stereocenters. The van der Waals surface area contributed by atoms with E-state index in [9.17, 15) is 22.8 Å². The minimum Gasteiger partial charge on any atom is -0.480 e. The maximum atomic E-state index is 12.6. The zero-order valence-electron chi connectivity index (χ0n) is 12.8. The smallest absolute Gasteiger partial charge is 0.412 e. The first-order chi connectivity index (χ1) is 11.2. The fourth-order valence-corrected chi connectivity index (χ4v) is 3.19. The zero-order chi connectivity index (χ0) is 17.9. The van der Waals surface area contributed by atoms with Gasteiger partial charge in [-0.05, 0) is 25.5 Å². The number of hydrogen-bond donors (Lipinski definition) is 1. The van der Waals surface area contributed by atoms with Crippen LogP contribution < -0.4 is 0 Å². The average molecular weight is 359 g/mol. The van der Waals surface area contributed by atoms with Crippen LogP contribution in [-0.2, 0) is 4.79 Å². The number of rotatable bonds is 4. The van der Waals surface area contributed by atoms with Crippen molar-refractivity contribution < 1.29 is 27.9 Å². The molecule has 1 heterocycles. The van der Waals surface area contributed by atoms with E-state index in [-0.39, 0.29) is 19.5 Å². The summed E-state index contributed by atoms with van der Waals surface area (Å²) in [5.41, 5.74) is -0.312. The summed E-state index contributed by atoms with van der Waals surface area (Å²) in [6.07, 6.45) is -3.58. The summed E-state index contributed by atoms with van der Waals surface area (Å²) in [4.78, 5) is 25.4. The summed E-state index contributed by atoms with van der Waals surface area (Å²) in [6.45, 7) is 1.38. The van der Waals surface area contributed by atoms with Gasteiger partial charge in [-0.3, -0.25) is 9.59 Å². The number of benzene rings is 1. The van der Waals surface area contributed by atoms with Crippen molar-refractivity contribution in [3.8, 4) is 0 Å². The van der Waals surface area contributed by atoms with Crippen LogP contribution in [0.5, 0.6) is 0 Å². The third kappa shape index (κ3) is 4.31. The maximum absolute atomic E-state index is 12.6. The minimum atomic E-state index is -4.36. The molecule has 0 radical (unpaired) electrons.